The lowest BCUT2D eigenvalue weighted by Gasteiger charge is -2.38. The third-order valence-electron chi connectivity index (χ3n) is 5.84. The first-order valence-electron chi connectivity index (χ1n) is 11.9. The Morgan fingerprint density at radius 1 is 1.31 bits per heavy atom. The maximum Gasteiger partial charge on any atom is 0.391 e. The normalized spacial score (nSPS) is 36.4. The van der Waals surface area contributed by atoms with Gasteiger partial charge in [-0.1, -0.05) is 6.42 Å². The van der Waals surface area contributed by atoms with Gasteiger partial charge in [-0.3, -0.25) is 0 Å². The average molecular weight is 449 g/mol. The van der Waals surface area contributed by atoms with Gasteiger partial charge in [0.25, 0.3) is 0 Å². The summed E-state index contributed by atoms with van der Waals surface area (Å²) in [6.07, 6.45) is -3.90. The average Bonchev–Trinajstić information content (AvgIpc) is 2.67. The van der Waals surface area contributed by atoms with Crippen LogP contribution in [0.2, 0.25) is 0 Å². The fourth-order valence-electron chi connectivity index (χ4n) is 4.06. The summed E-state index contributed by atoms with van der Waals surface area (Å²) in [5.41, 5.74) is 11.4. The Morgan fingerprint density at radius 2 is 2.07 bits per heavy atom. The molecule has 7 unspecified atom stereocenters. The number of likely N-dealkylation sites (N-methyl/N-ethyl adjacent to an activating group) is 1. The topological polar surface area (TPSA) is 134 Å². The molecule has 0 amide bonds. The van der Waals surface area contributed by atoms with Crippen molar-refractivity contribution in [3.05, 3.63) is 0 Å². The number of sulfonamides is 1. The summed E-state index contributed by atoms with van der Waals surface area (Å²) in [4.78, 5) is 0. The van der Waals surface area contributed by atoms with Crippen molar-refractivity contribution in [1.29, 1.82) is 0 Å². The number of alkyl halides is 3. The van der Waals surface area contributed by atoms with Crippen LogP contribution in [0.1, 0.15) is 37.6 Å². The number of hydrogen-bond donors (Lipinski definition) is 6. The first kappa shape index (κ1) is 19.2. The summed E-state index contributed by atoms with van der Waals surface area (Å²) >= 11 is 0. The minimum atomic E-state index is -4.32. The molecule has 8 N–H and O–H groups in total. The lowest BCUT2D eigenvalue weighted by Crippen LogP contribution is -2.59. The van der Waals surface area contributed by atoms with E-state index in [-0.39, 0.29) is 32.5 Å². The van der Waals surface area contributed by atoms with Crippen LogP contribution in [-0.4, -0.2) is 71.2 Å². The Morgan fingerprint density at radius 3 is 2.69 bits per heavy atom. The summed E-state index contributed by atoms with van der Waals surface area (Å²) < 4.78 is 98.0. The SMILES string of the molecule is [2H]C(N)C1CCCC(NS(=O)(=O)C(CN)CNC2CC(C(F)(F)F)CCN2)C1NC([2H])([2H])[2H]. The van der Waals surface area contributed by atoms with Gasteiger partial charge in [0.1, 0.15) is 5.25 Å². The lowest BCUT2D eigenvalue weighted by atomic mass is 9.81. The van der Waals surface area contributed by atoms with Gasteiger partial charge in [0.05, 0.1) is 12.1 Å². The van der Waals surface area contributed by atoms with Crippen LogP contribution in [-0.2, 0) is 10.0 Å². The van der Waals surface area contributed by atoms with Crippen LogP contribution >= 0.6 is 0 Å². The van der Waals surface area contributed by atoms with Gasteiger partial charge in [-0.15, -0.1) is 0 Å². The second kappa shape index (κ2) is 10.7. The predicted octanol–water partition coefficient (Wildman–Crippen LogP) is -0.574. The zero-order valence-electron chi connectivity index (χ0n) is 20.2. The minimum Gasteiger partial charge on any atom is -0.330 e. The van der Waals surface area contributed by atoms with E-state index in [0.717, 1.165) is 0 Å². The van der Waals surface area contributed by atoms with Crippen LogP contribution < -0.4 is 32.1 Å². The summed E-state index contributed by atoms with van der Waals surface area (Å²) in [6, 6.07) is -1.70. The van der Waals surface area contributed by atoms with Crippen molar-refractivity contribution >= 4 is 10.0 Å². The van der Waals surface area contributed by atoms with E-state index in [1.807, 2.05) is 0 Å². The second-order valence-corrected chi connectivity index (χ2v) is 9.75. The Labute approximate surface area is 176 Å². The van der Waals surface area contributed by atoms with Crippen LogP contribution in [0.25, 0.3) is 0 Å². The van der Waals surface area contributed by atoms with Gasteiger partial charge in [0.2, 0.25) is 10.0 Å². The van der Waals surface area contributed by atoms with Crippen molar-refractivity contribution < 1.29 is 27.1 Å². The highest BCUT2D eigenvalue weighted by atomic mass is 32.2. The molecule has 0 aromatic heterocycles. The molecule has 172 valence electrons. The molecule has 0 aromatic rings. The van der Waals surface area contributed by atoms with Gasteiger partial charge in [-0.05, 0) is 51.6 Å². The molecule has 0 radical (unpaired) electrons. The molecule has 1 saturated carbocycles. The Kier molecular flexibility index (Phi) is 7.08. The Bertz CT molecular complexity index is 729. The smallest absolute Gasteiger partial charge is 0.330 e. The predicted molar refractivity (Wildman–Crippen MR) is 107 cm³/mol. The number of hydrogen-bond acceptors (Lipinski definition) is 7. The molecule has 1 saturated heterocycles. The van der Waals surface area contributed by atoms with E-state index in [9.17, 15) is 21.6 Å². The van der Waals surface area contributed by atoms with Gasteiger partial charge in [0, 0.05) is 30.7 Å². The molecule has 0 bridgehead atoms. The maximum absolute atomic E-state index is 13.0. The third kappa shape index (κ3) is 6.74. The molecule has 29 heavy (non-hydrogen) atoms. The molecule has 2 fully saturated rings. The second-order valence-electron chi connectivity index (χ2n) is 7.76. The van der Waals surface area contributed by atoms with E-state index in [1.165, 1.54) is 0 Å². The van der Waals surface area contributed by atoms with Gasteiger partial charge >= 0.3 is 6.18 Å². The summed E-state index contributed by atoms with van der Waals surface area (Å²) in [7, 11) is -4.07. The molecule has 1 aliphatic carbocycles. The lowest BCUT2D eigenvalue weighted by molar-refractivity contribution is -0.183. The molecule has 2 aliphatic rings. The molecule has 0 aromatic carbocycles. The van der Waals surface area contributed by atoms with E-state index in [4.69, 9.17) is 17.0 Å². The number of nitrogens with two attached hydrogens (primary N) is 2. The molecule has 12 heteroatoms. The number of piperidine rings is 1. The molecule has 1 heterocycles. The first-order valence-corrected chi connectivity index (χ1v) is 11.4. The molecule has 7 atom stereocenters. The maximum atomic E-state index is 13.0. The number of rotatable bonds is 9. The number of nitrogens with one attached hydrogen (secondary N) is 4. The van der Waals surface area contributed by atoms with Crippen molar-refractivity contribution in [2.75, 3.05) is 33.1 Å². The van der Waals surface area contributed by atoms with E-state index in [0.29, 0.717) is 19.3 Å². The van der Waals surface area contributed by atoms with Crippen molar-refractivity contribution in [1.82, 2.24) is 20.7 Å². The van der Waals surface area contributed by atoms with Crippen molar-refractivity contribution in [2.45, 2.75) is 61.8 Å². The van der Waals surface area contributed by atoms with Crippen LogP contribution in [0.3, 0.4) is 0 Å². The van der Waals surface area contributed by atoms with Crippen molar-refractivity contribution in [3.63, 3.8) is 0 Å². The van der Waals surface area contributed by atoms with Gasteiger partial charge < -0.3 is 27.4 Å². The van der Waals surface area contributed by atoms with Gasteiger partial charge in [-0.25, -0.2) is 13.1 Å². The fourth-order valence-corrected chi connectivity index (χ4v) is 5.51. The van der Waals surface area contributed by atoms with Crippen molar-refractivity contribution in [3.8, 4) is 0 Å². The molecule has 2 rings (SSSR count). The van der Waals surface area contributed by atoms with E-state index in [2.05, 4.69) is 20.7 Å². The standard InChI is InChI=1S/C17H35F3N6O2S/c1-23-16-11(8-21)3-2-4-14(16)26-29(27,28)13(9-22)10-25-15-7-12(5-6-24-15)17(18,19)20/h11-16,23-26H,2-10,21-22H2,1H3/i1D3,8D. The number of halogens is 3. The fraction of sp³-hybridized carbons (Fsp3) is 1.00. The summed E-state index contributed by atoms with van der Waals surface area (Å²) in [6.45, 7) is -3.97. The first-order chi connectivity index (χ1) is 15.1. The summed E-state index contributed by atoms with van der Waals surface area (Å²) in [5.74, 6) is -2.05. The van der Waals surface area contributed by atoms with Crippen molar-refractivity contribution in [2.24, 2.45) is 23.3 Å². The highest BCUT2D eigenvalue weighted by Crippen LogP contribution is 2.33. The Hall–Kier alpha value is -0.500. The third-order valence-corrected chi connectivity index (χ3v) is 7.71. The van der Waals surface area contributed by atoms with Gasteiger partial charge in [0.15, 0.2) is 0 Å². The van der Waals surface area contributed by atoms with E-state index < -0.39 is 65.0 Å². The molecule has 0 spiro atoms. The highest BCUT2D eigenvalue weighted by molar-refractivity contribution is 7.90. The zero-order chi connectivity index (χ0) is 25.0. The van der Waals surface area contributed by atoms with E-state index >= 15 is 0 Å². The largest absolute Gasteiger partial charge is 0.391 e. The Balaban J connectivity index is 2.06. The molecule has 8 nitrogen and oxygen atoms in total. The van der Waals surface area contributed by atoms with E-state index in [1.54, 1.807) is 0 Å². The summed E-state index contributed by atoms with van der Waals surface area (Å²) in [5, 5.41) is 7.02. The van der Waals surface area contributed by atoms with Gasteiger partial charge in [-0.2, -0.15) is 13.2 Å². The molecule has 1 aliphatic heterocycles. The quantitative estimate of drug-likeness (QED) is 0.278. The highest BCUT2D eigenvalue weighted by Gasteiger charge is 2.42. The minimum absolute atomic E-state index is 0.0410. The van der Waals surface area contributed by atoms with Crippen LogP contribution in [0, 0.1) is 11.8 Å². The molecular weight excluding hydrogens is 409 g/mol. The van der Waals surface area contributed by atoms with Crippen LogP contribution in [0.15, 0.2) is 0 Å². The molecular formula is C17H35F3N6O2S. The van der Waals surface area contributed by atoms with Crippen LogP contribution in [0.5, 0.6) is 0 Å². The zero-order valence-corrected chi connectivity index (χ0v) is 17.0. The van der Waals surface area contributed by atoms with Crippen LogP contribution in [0.4, 0.5) is 13.2 Å². The monoisotopic (exact) mass is 448 g/mol.